The lowest BCUT2D eigenvalue weighted by atomic mass is 10.3. The summed E-state index contributed by atoms with van der Waals surface area (Å²) in [7, 11) is 0.131. The molecule has 154 valence electrons. The van der Waals surface area contributed by atoms with E-state index in [4.69, 9.17) is 0 Å². The van der Waals surface area contributed by atoms with Crippen molar-refractivity contribution in [2.45, 2.75) is 11.6 Å². The number of aryl methyl sites for hydroxylation is 2. The van der Waals surface area contributed by atoms with Crippen molar-refractivity contribution in [2.24, 2.45) is 21.1 Å². The molecule has 0 saturated heterocycles. The molecule has 0 radical (unpaired) electrons. The Kier molecular flexibility index (Phi) is 5.50. The van der Waals surface area contributed by atoms with Crippen molar-refractivity contribution in [1.82, 2.24) is 18.7 Å². The van der Waals surface area contributed by atoms with Gasteiger partial charge in [0, 0.05) is 37.7 Å². The van der Waals surface area contributed by atoms with E-state index in [-0.39, 0.29) is 22.7 Å². The molecule has 3 rings (SSSR count). The van der Waals surface area contributed by atoms with Gasteiger partial charge in [-0.15, -0.1) is 0 Å². The fourth-order valence-electron chi connectivity index (χ4n) is 2.94. The predicted octanol–water partition coefficient (Wildman–Crippen LogP) is 0.536. The van der Waals surface area contributed by atoms with Crippen LogP contribution in [0, 0.1) is 0 Å². The molecule has 2 heterocycles. The third kappa shape index (κ3) is 3.90. The lowest BCUT2D eigenvalue weighted by molar-refractivity contribution is -0.115. The molecule has 1 amide bonds. The van der Waals surface area contributed by atoms with Crippen LogP contribution in [0.4, 0.5) is 5.69 Å². The SMILES string of the molecule is Cn1c(=O)c2nc(S(=O)(=O)CCC(=O)Nc3cccc(Br)c3)n(C)c2n(C)c1=O. The number of nitrogens with one attached hydrogen (secondary N) is 1. The smallest absolute Gasteiger partial charge is 0.326 e. The number of nitrogens with zero attached hydrogens (tertiary/aromatic N) is 4. The second-order valence-corrected chi connectivity index (χ2v) is 9.38. The molecule has 3 aromatic rings. The highest BCUT2D eigenvalue weighted by Crippen LogP contribution is 2.18. The summed E-state index contributed by atoms with van der Waals surface area (Å²) in [5.41, 5.74) is -0.789. The first-order chi connectivity index (χ1) is 13.5. The van der Waals surface area contributed by atoms with Gasteiger partial charge in [-0.3, -0.25) is 18.7 Å². The summed E-state index contributed by atoms with van der Waals surface area (Å²) in [6, 6.07) is 6.90. The van der Waals surface area contributed by atoms with Gasteiger partial charge in [0.2, 0.25) is 20.9 Å². The number of aromatic nitrogens is 4. The molecular formula is C17H18BrN5O5S. The summed E-state index contributed by atoms with van der Waals surface area (Å²) in [5.74, 6) is -0.980. The number of fused-ring (bicyclic) bond motifs is 1. The Morgan fingerprint density at radius 2 is 1.83 bits per heavy atom. The van der Waals surface area contributed by atoms with E-state index in [1.54, 1.807) is 24.3 Å². The largest absolute Gasteiger partial charge is 0.332 e. The van der Waals surface area contributed by atoms with Crippen LogP contribution in [0.2, 0.25) is 0 Å². The van der Waals surface area contributed by atoms with Crippen LogP contribution in [0.15, 0.2) is 43.5 Å². The van der Waals surface area contributed by atoms with Gasteiger partial charge >= 0.3 is 5.69 Å². The Morgan fingerprint density at radius 1 is 1.14 bits per heavy atom. The van der Waals surface area contributed by atoms with E-state index in [1.807, 2.05) is 0 Å². The van der Waals surface area contributed by atoms with Crippen molar-refractivity contribution in [3.8, 4) is 0 Å². The molecule has 2 aromatic heterocycles. The fourth-order valence-corrected chi connectivity index (χ4v) is 4.72. The Hall–Kier alpha value is -2.73. The molecule has 12 heteroatoms. The average molecular weight is 484 g/mol. The maximum atomic E-state index is 12.8. The lowest BCUT2D eigenvalue weighted by Crippen LogP contribution is -2.37. The van der Waals surface area contributed by atoms with E-state index in [1.165, 1.54) is 25.7 Å². The van der Waals surface area contributed by atoms with Crippen LogP contribution in [0.3, 0.4) is 0 Å². The van der Waals surface area contributed by atoms with Gasteiger partial charge in [0.05, 0.1) is 5.75 Å². The zero-order chi connectivity index (χ0) is 21.5. The van der Waals surface area contributed by atoms with E-state index < -0.39 is 32.7 Å². The van der Waals surface area contributed by atoms with Gasteiger partial charge in [-0.2, -0.15) is 0 Å². The van der Waals surface area contributed by atoms with Gasteiger partial charge in [0.25, 0.3) is 5.56 Å². The van der Waals surface area contributed by atoms with Crippen LogP contribution in [0.5, 0.6) is 0 Å². The summed E-state index contributed by atoms with van der Waals surface area (Å²) in [5, 5.41) is 2.25. The summed E-state index contributed by atoms with van der Waals surface area (Å²) in [6.45, 7) is 0. The van der Waals surface area contributed by atoms with E-state index in [9.17, 15) is 22.8 Å². The lowest BCUT2D eigenvalue weighted by Gasteiger charge is -2.08. The molecule has 0 saturated carbocycles. The van der Waals surface area contributed by atoms with E-state index in [0.717, 1.165) is 13.6 Å². The molecule has 0 unspecified atom stereocenters. The predicted molar refractivity (Wildman–Crippen MR) is 111 cm³/mol. The van der Waals surface area contributed by atoms with Crippen LogP contribution < -0.4 is 16.6 Å². The van der Waals surface area contributed by atoms with Crippen LogP contribution in [-0.2, 0) is 35.8 Å². The topological polar surface area (TPSA) is 125 Å². The molecule has 1 aromatic carbocycles. The number of imidazole rings is 1. The number of hydrogen-bond donors (Lipinski definition) is 1. The zero-order valence-corrected chi connectivity index (χ0v) is 18.2. The summed E-state index contributed by atoms with van der Waals surface area (Å²) >= 11 is 3.29. The highest BCUT2D eigenvalue weighted by molar-refractivity contribution is 9.10. The van der Waals surface area contributed by atoms with Crippen LogP contribution in [-0.4, -0.2) is 38.8 Å². The highest BCUT2D eigenvalue weighted by atomic mass is 79.9. The van der Waals surface area contributed by atoms with Gasteiger partial charge in [-0.25, -0.2) is 18.2 Å². The number of carbonyl (C=O) groups excluding carboxylic acids is 1. The number of carbonyl (C=O) groups is 1. The molecule has 0 spiro atoms. The Bertz CT molecular complexity index is 1350. The number of halogens is 1. The summed E-state index contributed by atoms with van der Waals surface area (Å²) in [4.78, 5) is 40.5. The van der Waals surface area contributed by atoms with Gasteiger partial charge in [0.15, 0.2) is 11.2 Å². The monoisotopic (exact) mass is 483 g/mol. The zero-order valence-electron chi connectivity index (χ0n) is 15.8. The Morgan fingerprint density at radius 3 is 2.48 bits per heavy atom. The maximum absolute atomic E-state index is 12.8. The number of benzene rings is 1. The minimum atomic E-state index is -3.99. The number of amides is 1. The third-order valence-corrected chi connectivity index (χ3v) is 6.56. The molecule has 1 N–H and O–H groups in total. The van der Waals surface area contributed by atoms with Crippen LogP contribution in [0.25, 0.3) is 11.2 Å². The minimum Gasteiger partial charge on any atom is -0.326 e. The van der Waals surface area contributed by atoms with Gasteiger partial charge in [-0.05, 0) is 18.2 Å². The van der Waals surface area contributed by atoms with Gasteiger partial charge in [-0.1, -0.05) is 22.0 Å². The quantitative estimate of drug-likeness (QED) is 0.564. The van der Waals surface area contributed by atoms with Crippen LogP contribution >= 0.6 is 15.9 Å². The first kappa shape index (κ1) is 21.0. The van der Waals surface area contributed by atoms with Crippen LogP contribution in [0.1, 0.15) is 6.42 Å². The average Bonchev–Trinajstić information content (AvgIpc) is 3.01. The van der Waals surface area contributed by atoms with Crippen molar-refractivity contribution in [3.63, 3.8) is 0 Å². The second kappa shape index (κ2) is 7.59. The number of rotatable bonds is 5. The fraction of sp³-hybridized carbons (Fsp3) is 0.294. The summed E-state index contributed by atoms with van der Waals surface area (Å²) < 4.78 is 29.5. The number of anilines is 1. The first-order valence-corrected chi connectivity index (χ1v) is 10.9. The maximum Gasteiger partial charge on any atom is 0.332 e. The van der Waals surface area contributed by atoms with Crippen molar-refractivity contribution in [3.05, 3.63) is 49.6 Å². The Labute approximate surface area is 173 Å². The number of hydrogen-bond acceptors (Lipinski definition) is 6. The van der Waals surface area contributed by atoms with E-state index >= 15 is 0 Å². The Balaban J connectivity index is 1.89. The molecule has 0 aliphatic carbocycles. The standard InChI is InChI=1S/C17H18BrN5O5S/c1-21-14-13(15(25)23(3)17(26)22(14)2)20-16(21)29(27,28)8-7-12(24)19-11-6-4-5-10(18)9-11/h4-6,9H,7-8H2,1-3H3,(H,19,24). The third-order valence-electron chi connectivity index (χ3n) is 4.41. The summed E-state index contributed by atoms with van der Waals surface area (Å²) in [6.07, 6.45) is -0.297. The minimum absolute atomic E-state index is 0.0928. The second-order valence-electron chi connectivity index (χ2n) is 6.46. The first-order valence-electron chi connectivity index (χ1n) is 8.43. The molecule has 0 bridgehead atoms. The molecular weight excluding hydrogens is 466 g/mol. The van der Waals surface area contributed by atoms with Crippen molar-refractivity contribution in [2.75, 3.05) is 11.1 Å². The molecule has 0 atom stereocenters. The van der Waals surface area contributed by atoms with E-state index in [2.05, 4.69) is 26.2 Å². The van der Waals surface area contributed by atoms with E-state index in [0.29, 0.717) is 5.69 Å². The molecule has 0 aliphatic heterocycles. The molecule has 10 nitrogen and oxygen atoms in total. The number of sulfone groups is 1. The highest BCUT2D eigenvalue weighted by Gasteiger charge is 2.26. The van der Waals surface area contributed by atoms with Crippen molar-refractivity contribution >= 4 is 48.5 Å². The molecule has 29 heavy (non-hydrogen) atoms. The van der Waals surface area contributed by atoms with Gasteiger partial charge in [0.1, 0.15) is 0 Å². The normalized spacial score (nSPS) is 11.7. The van der Waals surface area contributed by atoms with Crippen molar-refractivity contribution in [1.29, 1.82) is 0 Å². The van der Waals surface area contributed by atoms with Gasteiger partial charge < -0.3 is 9.88 Å². The molecule has 0 fully saturated rings. The molecule has 0 aliphatic rings. The van der Waals surface area contributed by atoms with Crippen molar-refractivity contribution < 1.29 is 13.2 Å².